The minimum atomic E-state index is 0.157. The van der Waals surface area contributed by atoms with Gasteiger partial charge >= 0.3 is 0 Å². The van der Waals surface area contributed by atoms with E-state index in [1.54, 1.807) is 4.68 Å². The number of rotatable bonds is 5. The highest BCUT2D eigenvalue weighted by atomic mass is 16.2. The molecule has 1 aliphatic heterocycles. The Morgan fingerprint density at radius 2 is 2.32 bits per heavy atom. The van der Waals surface area contributed by atoms with E-state index < -0.39 is 0 Å². The molecule has 0 unspecified atom stereocenters. The number of carbonyl (C=O) groups is 1. The van der Waals surface area contributed by atoms with Gasteiger partial charge in [0.25, 0.3) is 0 Å². The highest BCUT2D eigenvalue weighted by Gasteiger charge is 2.29. The monoisotopic (exact) mass is 263 g/mol. The van der Waals surface area contributed by atoms with E-state index >= 15 is 0 Å². The lowest BCUT2D eigenvalue weighted by molar-refractivity contribution is -0.132. The molecule has 1 atom stereocenters. The number of carbonyl (C=O) groups excluding carboxylic acids is 1. The van der Waals surface area contributed by atoms with Crippen molar-refractivity contribution >= 4 is 5.91 Å². The van der Waals surface area contributed by atoms with E-state index in [1.165, 1.54) is 12.8 Å². The highest BCUT2D eigenvalue weighted by molar-refractivity contribution is 5.76. The molecule has 0 spiro atoms. The molecule has 2 aliphatic rings. The Kier molecular flexibility index (Phi) is 3.50. The van der Waals surface area contributed by atoms with E-state index in [4.69, 9.17) is 0 Å². The van der Waals surface area contributed by atoms with Crippen LogP contribution in [0.4, 0.5) is 0 Å². The average Bonchev–Trinajstić information content (AvgIpc) is 2.96. The lowest BCUT2D eigenvalue weighted by Crippen LogP contribution is -2.42. The molecule has 6 nitrogen and oxygen atoms in total. The summed E-state index contributed by atoms with van der Waals surface area (Å²) in [7, 11) is 1.93. The van der Waals surface area contributed by atoms with Crippen LogP contribution in [-0.4, -0.2) is 52.0 Å². The van der Waals surface area contributed by atoms with Gasteiger partial charge in [-0.3, -0.25) is 4.79 Å². The third-order valence-electron chi connectivity index (χ3n) is 3.99. The molecule has 0 bridgehead atoms. The first-order valence-electron chi connectivity index (χ1n) is 7.12. The summed E-state index contributed by atoms with van der Waals surface area (Å²) in [6, 6.07) is 0.337. The van der Waals surface area contributed by atoms with Crippen molar-refractivity contribution in [2.24, 2.45) is 0 Å². The second-order valence-electron chi connectivity index (χ2n) is 5.56. The van der Waals surface area contributed by atoms with Crippen molar-refractivity contribution in [3.63, 3.8) is 0 Å². The van der Waals surface area contributed by atoms with Gasteiger partial charge in [-0.2, -0.15) is 0 Å². The van der Waals surface area contributed by atoms with Crippen LogP contribution in [0.3, 0.4) is 0 Å². The fourth-order valence-corrected chi connectivity index (χ4v) is 2.80. The number of amides is 1. The summed E-state index contributed by atoms with van der Waals surface area (Å²) in [5, 5.41) is 11.4. The van der Waals surface area contributed by atoms with Gasteiger partial charge in [-0.25, -0.2) is 4.68 Å². The van der Waals surface area contributed by atoms with Crippen LogP contribution >= 0.6 is 0 Å². The average molecular weight is 263 g/mol. The maximum atomic E-state index is 12.3. The van der Waals surface area contributed by atoms with E-state index in [-0.39, 0.29) is 5.91 Å². The molecule has 0 aromatic carbocycles. The third kappa shape index (κ3) is 2.78. The van der Waals surface area contributed by atoms with Gasteiger partial charge < -0.3 is 10.2 Å². The van der Waals surface area contributed by atoms with Gasteiger partial charge in [0, 0.05) is 31.2 Å². The number of likely N-dealkylation sites (tertiary alicyclic amines) is 1. The molecule has 1 aromatic rings. The largest absolute Gasteiger partial charge is 0.337 e. The Morgan fingerprint density at radius 1 is 1.47 bits per heavy atom. The molecule has 1 aliphatic carbocycles. The fourth-order valence-electron chi connectivity index (χ4n) is 2.80. The molecule has 104 valence electrons. The number of hydrogen-bond donors (Lipinski definition) is 1. The van der Waals surface area contributed by atoms with E-state index in [0.717, 1.165) is 31.6 Å². The quantitative estimate of drug-likeness (QED) is 0.833. The molecule has 3 rings (SSSR count). The van der Waals surface area contributed by atoms with Crippen molar-refractivity contribution in [3.05, 3.63) is 11.9 Å². The number of likely N-dealkylation sites (N-methyl/N-ethyl adjacent to an activating group) is 1. The highest BCUT2D eigenvalue weighted by Crippen LogP contribution is 2.38. The van der Waals surface area contributed by atoms with Gasteiger partial charge in [0.1, 0.15) is 6.54 Å². The van der Waals surface area contributed by atoms with Crippen molar-refractivity contribution < 1.29 is 4.79 Å². The molecule has 1 N–H and O–H groups in total. The third-order valence-corrected chi connectivity index (χ3v) is 3.99. The minimum absolute atomic E-state index is 0.157. The smallest absolute Gasteiger partial charge is 0.244 e. The molecule has 1 amide bonds. The first-order chi connectivity index (χ1) is 9.28. The molecule has 1 saturated carbocycles. The summed E-state index contributed by atoms with van der Waals surface area (Å²) in [4.78, 5) is 14.3. The van der Waals surface area contributed by atoms with Crippen molar-refractivity contribution in [3.8, 4) is 0 Å². The van der Waals surface area contributed by atoms with Crippen molar-refractivity contribution in [2.45, 2.75) is 44.2 Å². The lowest BCUT2D eigenvalue weighted by Gasteiger charge is -2.24. The normalized spacial score (nSPS) is 23.0. The van der Waals surface area contributed by atoms with E-state index in [0.29, 0.717) is 18.5 Å². The number of nitrogens with one attached hydrogen (secondary N) is 1. The van der Waals surface area contributed by atoms with E-state index in [2.05, 4.69) is 15.6 Å². The molecule has 1 aromatic heterocycles. The molecule has 2 heterocycles. The second kappa shape index (κ2) is 5.28. The molecule has 1 saturated heterocycles. The van der Waals surface area contributed by atoms with Crippen LogP contribution in [0.5, 0.6) is 0 Å². The molecule has 6 heteroatoms. The van der Waals surface area contributed by atoms with Crippen LogP contribution in [0.25, 0.3) is 0 Å². The summed E-state index contributed by atoms with van der Waals surface area (Å²) in [5.74, 6) is 0.748. The summed E-state index contributed by atoms with van der Waals surface area (Å²) >= 11 is 0. The van der Waals surface area contributed by atoms with Gasteiger partial charge in [-0.05, 0) is 32.7 Å². The first kappa shape index (κ1) is 12.6. The van der Waals surface area contributed by atoms with Gasteiger partial charge in [0.15, 0.2) is 0 Å². The maximum absolute atomic E-state index is 12.3. The van der Waals surface area contributed by atoms with Gasteiger partial charge in [0.2, 0.25) is 5.91 Å². The number of aromatic nitrogens is 3. The summed E-state index contributed by atoms with van der Waals surface area (Å²) in [6.45, 7) is 2.06. The van der Waals surface area contributed by atoms with Gasteiger partial charge in [-0.1, -0.05) is 5.21 Å². The molecule has 19 heavy (non-hydrogen) atoms. The maximum Gasteiger partial charge on any atom is 0.244 e. The standard InChI is InChI=1S/C13H21N5O/c1-14-7-11-3-2-6-18(11)13(19)9-17-8-12(15-16-17)10-4-5-10/h8,10-11,14H,2-7,9H2,1H3/t11-/m1/s1. The van der Waals surface area contributed by atoms with Crippen LogP contribution in [0, 0.1) is 0 Å². The SMILES string of the molecule is CNC[C@H]1CCCN1C(=O)Cn1cc(C2CC2)nn1. The second-order valence-corrected chi connectivity index (χ2v) is 5.56. The summed E-state index contributed by atoms with van der Waals surface area (Å²) < 4.78 is 1.69. The zero-order valence-corrected chi connectivity index (χ0v) is 11.4. The van der Waals surface area contributed by atoms with Gasteiger partial charge in [0.05, 0.1) is 5.69 Å². The van der Waals surface area contributed by atoms with Crippen molar-refractivity contribution in [1.29, 1.82) is 0 Å². The zero-order chi connectivity index (χ0) is 13.2. The van der Waals surface area contributed by atoms with Crippen LogP contribution in [0.15, 0.2) is 6.20 Å². The molecule has 0 radical (unpaired) electrons. The van der Waals surface area contributed by atoms with Crippen LogP contribution in [-0.2, 0) is 11.3 Å². The van der Waals surface area contributed by atoms with E-state index in [9.17, 15) is 4.79 Å². The summed E-state index contributed by atoms with van der Waals surface area (Å²) in [5.41, 5.74) is 1.04. The summed E-state index contributed by atoms with van der Waals surface area (Å²) in [6.07, 6.45) is 6.55. The first-order valence-corrected chi connectivity index (χ1v) is 7.12. The molecule has 2 fully saturated rings. The molecular weight excluding hydrogens is 242 g/mol. The number of nitrogens with zero attached hydrogens (tertiary/aromatic N) is 4. The predicted molar refractivity (Wildman–Crippen MR) is 70.7 cm³/mol. The topological polar surface area (TPSA) is 63.1 Å². The van der Waals surface area contributed by atoms with Gasteiger partial charge in [-0.15, -0.1) is 5.10 Å². The lowest BCUT2D eigenvalue weighted by atomic mass is 10.2. The van der Waals surface area contributed by atoms with E-state index in [1.807, 2.05) is 18.1 Å². The van der Waals surface area contributed by atoms with Crippen LogP contribution < -0.4 is 5.32 Å². The Morgan fingerprint density at radius 3 is 3.05 bits per heavy atom. The minimum Gasteiger partial charge on any atom is -0.337 e. The van der Waals surface area contributed by atoms with Crippen molar-refractivity contribution in [2.75, 3.05) is 20.1 Å². The Bertz CT molecular complexity index is 454. The fraction of sp³-hybridized carbons (Fsp3) is 0.769. The van der Waals surface area contributed by atoms with Crippen LogP contribution in [0.1, 0.15) is 37.3 Å². The number of hydrogen-bond acceptors (Lipinski definition) is 4. The predicted octanol–water partition coefficient (Wildman–Crippen LogP) is 0.366. The molecular formula is C13H21N5O. The Hall–Kier alpha value is -1.43. The van der Waals surface area contributed by atoms with Crippen molar-refractivity contribution in [1.82, 2.24) is 25.2 Å². The van der Waals surface area contributed by atoms with Crippen LogP contribution in [0.2, 0.25) is 0 Å². The zero-order valence-electron chi connectivity index (χ0n) is 11.4. The Labute approximate surface area is 113 Å². The Balaban J connectivity index is 1.60.